The number of fused-ring (bicyclic) bond motifs is 5. The molecule has 2 fully saturated rings. The molecule has 2 bridgehead atoms. The van der Waals surface area contributed by atoms with E-state index in [1.807, 2.05) is 12.2 Å². The Kier molecular flexibility index (Phi) is 5.66. The van der Waals surface area contributed by atoms with E-state index in [9.17, 15) is 29.3 Å². The number of amides is 3. The van der Waals surface area contributed by atoms with Gasteiger partial charge in [-0.2, -0.15) is 5.01 Å². The minimum absolute atomic E-state index is 0.00809. The van der Waals surface area contributed by atoms with Crippen LogP contribution in [0, 0.1) is 33.8 Å². The SMILES string of the molecule is COc1ccc(C(=O)[C@@H](C)N(C(=O)c2ccc([N+](=O)[O-])cc2)N2C(=O)[C@@H]3[C@H](C2=O)[C@H]2C=C[C@H]3C2)cc1. The van der Waals surface area contributed by atoms with Crippen LogP contribution in [0.1, 0.15) is 34.1 Å². The second-order valence-corrected chi connectivity index (χ2v) is 9.21. The Balaban J connectivity index is 1.52. The quantitative estimate of drug-likeness (QED) is 0.192. The van der Waals surface area contributed by atoms with Gasteiger partial charge in [0.1, 0.15) is 11.8 Å². The van der Waals surface area contributed by atoms with E-state index in [2.05, 4.69) is 0 Å². The molecule has 1 saturated carbocycles. The van der Waals surface area contributed by atoms with Gasteiger partial charge in [-0.15, -0.1) is 0 Å². The molecular weight excluding hydrogens is 466 g/mol. The molecule has 0 N–H and O–H groups in total. The number of ketones is 1. The largest absolute Gasteiger partial charge is 0.497 e. The predicted molar refractivity (Wildman–Crippen MR) is 126 cm³/mol. The van der Waals surface area contributed by atoms with Crippen molar-refractivity contribution in [2.75, 3.05) is 7.11 Å². The molecule has 5 rings (SSSR count). The van der Waals surface area contributed by atoms with Gasteiger partial charge >= 0.3 is 0 Å². The minimum atomic E-state index is -1.21. The van der Waals surface area contributed by atoms with Gasteiger partial charge in [0.2, 0.25) is 0 Å². The number of hydrogen-bond donors (Lipinski definition) is 0. The Morgan fingerprint density at radius 3 is 2.00 bits per heavy atom. The first kappa shape index (κ1) is 23.4. The van der Waals surface area contributed by atoms with Crippen molar-refractivity contribution >= 4 is 29.2 Å². The molecule has 0 spiro atoms. The number of carbonyl (C=O) groups is 4. The summed E-state index contributed by atoms with van der Waals surface area (Å²) in [5.41, 5.74) is 0.0607. The molecule has 2 aromatic carbocycles. The summed E-state index contributed by atoms with van der Waals surface area (Å²) in [6.45, 7) is 1.46. The molecule has 0 radical (unpaired) electrons. The van der Waals surface area contributed by atoms with Crippen molar-refractivity contribution in [3.05, 3.63) is 81.9 Å². The van der Waals surface area contributed by atoms with E-state index in [0.29, 0.717) is 5.75 Å². The van der Waals surface area contributed by atoms with Crippen LogP contribution >= 0.6 is 0 Å². The van der Waals surface area contributed by atoms with E-state index in [1.54, 1.807) is 24.3 Å². The molecule has 10 nitrogen and oxygen atoms in total. The van der Waals surface area contributed by atoms with Gasteiger partial charge in [-0.1, -0.05) is 12.2 Å². The van der Waals surface area contributed by atoms with Crippen molar-refractivity contribution in [3.63, 3.8) is 0 Å². The number of ether oxygens (including phenoxy) is 1. The van der Waals surface area contributed by atoms with Crippen LogP contribution in [0.15, 0.2) is 60.7 Å². The maximum Gasteiger partial charge on any atom is 0.273 e. The van der Waals surface area contributed by atoms with Crippen molar-refractivity contribution in [2.24, 2.45) is 23.7 Å². The van der Waals surface area contributed by atoms with Gasteiger partial charge in [0.05, 0.1) is 23.9 Å². The number of nitrogens with zero attached hydrogens (tertiary/aromatic N) is 3. The number of non-ortho nitro benzene ring substituents is 1. The number of hydrogen-bond acceptors (Lipinski definition) is 7. The van der Waals surface area contributed by atoms with Crippen LogP contribution in [0.4, 0.5) is 5.69 Å². The molecule has 1 aliphatic heterocycles. The van der Waals surface area contributed by atoms with Crippen LogP contribution in [0.2, 0.25) is 0 Å². The molecule has 0 unspecified atom stereocenters. The Labute approximate surface area is 206 Å². The Hall–Kier alpha value is -4.34. The fourth-order valence-electron chi connectivity index (χ4n) is 5.50. The molecule has 10 heteroatoms. The van der Waals surface area contributed by atoms with Crippen molar-refractivity contribution in [3.8, 4) is 5.75 Å². The van der Waals surface area contributed by atoms with Crippen molar-refractivity contribution in [1.29, 1.82) is 0 Å². The van der Waals surface area contributed by atoms with E-state index in [-0.39, 0.29) is 28.7 Å². The molecule has 3 amide bonds. The molecular formula is C26H23N3O7. The topological polar surface area (TPSA) is 127 Å². The lowest BCUT2D eigenvalue weighted by atomic mass is 9.85. The number of allylic oxidation sites excluding steroid dienone is 2. The number of nitro groups is 1. The van der Waals surface area contributed by atoms with Gasteiger partial charge in [0.15, 0.2) is 5.78 Å². The van der Waals surface area contributed by atoms with Crippen LogP contribution in [-0.4, -0.2) is 51.6 Å². The van der Waals surface area contributed by atoms with E-state index in [0.717, 1.165) is 28.6 Å². The zero-order valence-corrected chi connectivity index (χ0v) is 19.6. The third-order valence-corrected chi connectivity index (χ3v) is 7.32. The van der Waals surface area contributed by atoms with Gasteiger partial charge in [-0.05, 0) is 61.6 Å². The normalized spacial score (nSPS) is 24.6. The summed E-state index contributed by atoms with van der Waals surface area (Å²) in [6.07, 6.45) is 4.60. The van der Waals surface area contributed by atoms with E-state index in [4.69, 9.17) is 4.74 Å². The number of benzene rings is 2. The van der Waals surface area contributed by atoms with Crippen LogP contribution in [0.3, 0.4) is 0 Å². The Morgan fingerprint density at radius 1 is 0.972 bits per heavy atom. The summed E-state index contributed by atoms with van der Waals surface area (Å²) in [5.74, 6) is -3.02. The molecule has 1 heterocycles. The number of carbonyl (C=O) groups excluding carboxylic acids is 4. The average molecular weight is 489 g/mol. The number of methoxy groups -OCH3 is 1. The van der Waals surface area contributed by atoms with Crippen LogP contribution in [0.25, 0.3) is 0 Å². The molecule has 184 valence electrons. The lowest BCUT2D eigenvalue weighted by Crippen LogP contribution is -2.56. The standard InChI is InChI=1S/C26H23N3O7/c1-14(23(30)15-7-11-20(36-2)12-8-15)27(24(31)16-5-9-19(10-6-16)29(34)35)28-25(32)21-17-3-4-18(13-17)22(21)26(28)33/h3-12,14,17-18,21-22H,13H2,1-2H3/t14-,17+,18+,21-,22+/m1/s1. The summed E-state index contributed by atoms with van der Waals surface area (Å²) < 4.78 is 5.13. The van der Waals surface area contributed by atoms with E-state index in [1.165, 1.54) is 26.2 Å². The van der Waals surface area contributed by atoms with Gasteiger partial charge in [-0.25, -0.2) is 5.01 Å². The van der Waals surface area contributed by atoms with Crippen LogP contribution in [0.5, 0.6) is 5.75 Å². The fourth-order valence-corrected chi connectivity index (χ4v) is 5.50. The monoisotopic (exact) mass is 489 g/mol. The Bertz CT molecular complexity index is 1270. The van der Waals surface area contributed by atoms with E-state index < -0.39 is 46.3 Å². The lowest BCUT2D eigenvalue weighted by Gasteiger charge is -2.35. The highest BCUT2D eigenvalue weighted by atomic mass is 16.6. The second-order valence-electron chi connectivity index (χ2n) is 9.21. The first-order chi connectivity index (χ1) is 17.2. The lowest BCUT2D eigenvalue weighted by molar-refractivity contribution is -0.384. The maximum absolute atomic E-state index is 13.7. The third-order valence-electron chi connectivity index (χ3n) is 7.32. The smallest absolute Gasteiger partial charge is 0.273 e. The van der Waals surface area contributed by atoms with Crippen molar-refractivity contribution in [2.45, 2.75) is 19.4 Å². The highest BCUT2D eigenvalue weighted by Crippen LogP contribution is 2.53. The van der Waals surface area contributed by atoms with Gasteiger partial charge in [0, 0.05) is 23.3 Å². The summed E-state index contributed by atoms with van der Waals surface area (Å²) >= 11 is 0. The van der Waals surface area contributed by atoms with Crippen molar-refractivity contribution in [1.82, 2.24) is 10.0 Å². The molecule has 36 heavy (non-hydrogen) atoms. The summed E-state index contributed by atoms with van der Waals surface area (Å²) in [6, 6.07) is 9.88. The summed E-state index contributed by atoms with van der Waals surface area (Å²) in [5, 5.41) is 12.8. The number of Topliss-reactive ketones (excluding diaryl/α,β-unsaturated/α-hetero) is 1. The zero-order valence-electron chi connectivity index (χ0n) is 19.6. The van der Waals surface area contributed by atoms with Crippen molar-refractivity contribution < 1.29 is 28.8 Å². The first-order valence-corrected chi connectivity index (χ1v) is 11.5. The minimum Gasteiger partial charge on any atom is -0.497 e. The van der Waals surface area contributed by atoms with E-state index >= 15 is 0 Å². The molecule has 1 saturated heterocycles. The highest BCUT2D eigenvalue weighted by molar-refractivity contribution is 6.11. The number of imide groups is 1. The zero-order chi connectivity index (χ0) is 25.7. The maximum atomic E-state index is 13.7. The third kappa shape index (κ3) is 3.57. The predicted octanol–water partition coefficient (Wildman–Crippen LogP) is 3.04. The number of rotatable bonds is 7. The highest BCUT2D eigenvalue weighted by Gasteiger charge is 2.61. The molecule has 0 aromatic heterocycles. The summed E-state index contributed by atoms with van der Waals surface area (Å²) in [7, 11) is 1.49. The molecule has 3 aliphatic rings. The fraction of sp³-hybridized carbons (Fsp3) is 0.308. The van der Waals surface area contributed by atoms with Crippen LogP contribution in [-0.2, 0) is 9.59 Å². The average Bonchev–Trinajstić information content (AvgIpc) is 3.58. The molecule has 2 aliphatic carbocycles. The molecule has 5 atom stereocenters. The van der Waals surface area contributed by atoms with Gasteiger partial charge in [-0.3, -0.25) is 29.3 Å². The second kappa shape index (κ2) is 8.71. The van der Waals surface area contributed by atoms with Gasteiger partial charge < -0.3 is 4.74 Å². The summed E-state index contributed by atoms with van der Waals surface area (Å²) in [4.78, 5) is 64.6. The van der Waals surface area contributed by atoms with Gasteiger partial charge in [0.25, 0.3) is 23.4 Å². The Morgan fingerprint density at radius 2 is 1.50 bits per heavy atom. The number of nitro benzene ring substituents is 1. The number of hydrazine groups is 1. The first-order valence-electron chi connectivity index (χ1n) is 11.5. The molecule has 2 aromatic rings. The van der Waals surface area contributed by atoms with Crippen LogP contribution < -0.4 is 4.74 Å².